The minimum Gasteiger partial charge on any atom is -0.383 e. The Morgan fingerprint density at radius 3 is 2.57 bits per heavy atom. The summed E-state index contributed by atoms with van der Waals surface area (Å²) in [5.74, 6) is 0. The van der Waals surface area contributed by atoms with Gasteiger partial charge < -0.3 is 15.8 Å². The first-order chi connectivity index (χ1) is 6.83. The van der Waals surface area contributed by atoms with Gasteiger partial charge in [-0.05, 0) is 24.8 Å². The quantitative estimate of drug-likeness (QED) is 0.632. The van der Waals surface area contributed by atoms with Crippen molar-refractivity contribution in [1.82, 2.24) is 5.32 Å². The van der Waals surface area contributed by atoms with E-state index in [1.165, 1.54) is 32.1 Å². The first kappa shape index (κ1) is 12.0. The first-order valence-electron chi connectivity index (χ1n) is 5.73. The van der Waals surface area contributed by atoms with Crippen LogP contribution in [0.3, 0.4) is 0 Å². The highest BCUT2D eigenvalue weighted by atomic mass is 16.5. The molecule has 0 unspecified atom stereocenters. The number of nitrogens with two attached hydrogens (primary N) is 1. The molecule has 0 saturated heterocycles. The van der Waals surface area contributed by atoms with E-state index in [-0.39, 0.29) is 0 Å². The third-order valence-electron chi connectivity index (χ3n) is 3.33. The lowest BCUT2D eigenvalue weighted by Gasteiger charge is -2.36. The Kier molecular flexibility index (Phi) is 5.45. The molecule has 1 saturated carbocycles. The number of nitrogens with one attached hydrogen (secondary N) is 1. The SMILES string of the molecule is COCCNCC1(CN)CCCCC1. The van der Waals surface area contributed by atoms with Gasteiger partial charge in [0.2, 0.25) is 0 Å². The Balaban J connectivity index is 2.22. The molecule has 14 heavy (non-hydrogen) atoms. The smallest absolute Gasteiger partial charge is 0.0587 e. The molecule has 84 valence electrons. The van der Waals surface area contributed by atoms with Gasteiger partial charge in [0, 0.05) is 20.2 Å². The van der Waals surface area contributed by atoms with Gasteiger partial charge in [-0.15, -0.1) is 0 Å². The van der Waals surface area contributed by atoms with Crippen LogP contribution in [0.15, 0.2) is 0 Å². The molecule has 0 radical (unpaired) electrons. The van der Waals surface area contributed by atoms with Crippen molar-refractivity contribution in [3.63, 3.8) is 0 Å². The molecule has 1 aliphatic rings. The predicted molar refractivity (Wildman–Crippen MR) is 59.3 cm³/mol. The van der Waals surface area contributed by atoms with Crippen LogP contribution >= 0.6 is 0 Å². The van der Waals surface area contributed by atoms with Crippen LogP contribution in [0.1, 0.15) is 32.1 Å². The summed E-state index contributed by atoms with van der Waals surface area (Å²) in [5, 5.41) is 3.44. The van der Waals surface area contributed by atoms with Crippen molar-refractivity contribution in [1.29, 1.82) is 0 Å². The van der Waals surface area contributed by atoms with Gasteiger partial charge in [-0.25, -0.2) is 0 Å². The highest BCUT2D eigenvalue weighted by Gasteiger charge is 2.29. The van der Waals surface area contributed by atoms with Crippen molar-refractivity contribution in [2.45, 2.75) is 32.1 Å². The molecular formula is C11H24N2O. The van der Waals surface area contributed by atoms with Crippen molar-refractivity contribution in [2.24, 2.45) is 11.1 Å². The maximum Gasteiger partial charge on any atom is 0.0587 e. The molecule has 0 amide bonds. The number of rotatable bonds is 6. The fourth-order valence-corrected chi connectivity index (χ4v) is 2.28. The molecule has 3 N–H and O–H groups in total. The third kappa shape index (κ3) is 3.56. The molecule has 0 aromatic carbocycles. The molecule has 0 aromatic heterocycles. The highest BCUT2D eigenvalue weighted by molar-refractivity contribution is 4.85. The molecule has 1 aliphatic carbocycles. The molecule has 3 heteroatoms. The van der Waals surface area contributed by atoms with Gasteiger partial charge in [0.05, 0.1) is 6.61 Å². The second kappa shape index (κ2) is 6.38. The Bertz CT molecular complexity index is 144. The van der Waals surface area contributed by atoms with E-state index in [2.05, 4.69) is 5.32 Å². The molecule has 0 spiro atoms. The van der Waals surface area contributed by atoms with E-state index in [9.17, 15) is 0 Å². The molecule has 3 nitrogen and oxygen atoms in total. The monoisotopic (exact) mass is 200 g/mol. The van der Waals surface area contributed by atoms with Gasteiger partial charge in [0.25, 0.3) is 0 Å². The zero-order chi connectivity index (χ0) is 10.3. The van der Waals surface area contributed by atoms with Crippen LogP contribution in [0.5, 0.6) is 0 Å². The van der Waals surface area contributed by atoms with Gasteiger partial charge >= 0.3 is 0 Å². The zero-order valence-electron chi connectivity index (χ0n) is 9.35. The summed E-state index contributed by atoms with van der Waals surface area (Å²) in [7, 11) is 1.74. The van der Waals surface area contributed by atoms with E-state index >= 15 is 0 Å². The number of hydrogen-bond donors (Lipinski definition) is 2. The Morgan fingerprint density at radius 1 is 1.29 bits per heavy atom. The normalized spacial score (nSPS) is 21.0. The summed E-state index contributed by atoms with van der Waals surface area (Å²) < 4.78 is 5.00. The van der Waals surface area contributed by atoms with Crippen LogP contribution in [0, 0.1) is 5.41 Å². The number of hydrogen-bond acceptors (Lipinski definition) is 3. The molecule has 0 heterocycles. The van der Waals surface area contributed by atoms with E-state index in [4.69, 9.17) is 10.5 Å². The number of methoxy groups -OCH3 is 1. The van der Waals surface area contributed by atoms with Gasteiger partial charge in [-0.2, -0.15) is 0 Å². The maximum atomic E-state index is 5.88. The van der Waals surface area contributed by atoms with Crippen molar-refractivity contribution in [3.05, 3.63) is 0 Å². The van der Waals surface area contributed by atoms with Crippen molar-refractivity contribution in [2.75, 3.05) is 33.4 Å². The Hall–Kier alpha value is -0.120. The topological polar surface area (TPSA) is 47.3 Å². The van der Waals surface area contributed by atoms with Crippen molar-refractivity contribution >= 4 is 0 Å². The van der Waals surface area contributed by atoms with Gasteiger partial charge in [0.15, 0.2) is 0 Å². The lowest BCUT2D eigenvalue weighted by atomic mass is 9.74. The van der Waals surface area contributed by atoms with Crippen LogP contribution in [-0.4, -0.2) is 33.4 Å². The van der Waals surface area contributed by atoms with E-state index < -0.39 is 0 Å². The third-order valence-corrected chi connectivity index (χ3v) is 3.33. The van der Waals surface area contributed by atoms with Gasteiger partial charge in [0.1, 0.15) is 0 Å². The summed E-state index contributed by atoms with van der Waals surface area (Å²) in [6.07, 6.45) is 6.68. The highest BCUT2D eigenvalue weighted by Crippen LogP contribution is 2.34. The summed E-state index contributed by atoms with van der Waals surface area (Å²) in [6.45, 7) is 3.62. The lowest BCUT2D eigenvalue weighted by molar-refractivity contribution is 0.169. The average molecular weight is 200 g/mol. The molecule has 0 aliphatic heterocycles. The lowest BCUT2D eigenvalue weighted by Crippen LogP contribution is -2.42. The minimum absolute atomic E-state index is 0.381. The molecule has 0 atom stereocenters. The van der Waals surface area contributed by atoms with E-state index in [1.54, 1.807) is 7.11 Å². The van der Waals surface area contributed by atoms with Crippen LogP contribution in [0.2, 0.25) is 0 Å². The average Bonchev–Trinajstić information content (AvgIpc) is 2.26. The first-order valence-corrected chi connectivity index (χ1v) is 5.73. The fourth-order valence-electron chi connectivity index (χ4n) is 2.28. The predicted octanol–water partition coefficient (Wildman–Crippen LogP) is 1.13. The zero-order valence-corrected chi connectivity index (χ0v) is 9.35. The molecule has 0 aromatic rings. The summed E-state index contributed by atoms with van der Waals surface area (Å²) in [5.41, 5.74) is 6.26. The summed E-state index contributed by atoms with van der Waals surface area (Å²) in [4.78, 5) is 0. The van der Waals surface area contributed by atoms with Crippen LogP contribution in [-0.2, 0) is 4.74 Å². The standard InChI is InChI=1S/C11H24N2O/c1-14-8-7-13-10-11(9-12)5-3-2-4-6-11/h13H,2-10,12H2,1H3. The Morgan fingerprint density at radius 2 is 2.00 bits per heavy atom. The molecule has 1 rings (SSSR count). The van der Waals surface area contributed by atoms with Gasteiger partial charge in [-0.1, -0.05) is 19.3 Å². The van der Waals surface area contributed by atoms with E-state index in [0.717, 1.165) is 26.2 Å². The van der Waals surface area contributed by atoms with Crippen LogP contribution in [0.25, 0.3) is 0 Å². The van der Waals surface area contributed by atoms with Gasteiger partial charge in [-0.3, -0.25) is 0 Å². The minimum atomic E-state index is 0.381. The van der Waals surface area contributed by atoms with Crippen molar-refractivity contribution in [3.8, 4) is 0 Å². The molecule has 0 bridgehead atoms. The molecule has 1 fully saturated rings. The second-order valence-corrected chi connectivity index (χ2v) is 4.43. The van der Waals surface area contributed by atoms with E-state index in [1.807, 2.05) is 0 Å². The Labute approximate surface area is 87.4 Å². The maximum absolute atomic E-state index is 5.88. The fraction of sp³-hybridized carbons (Fsp3) is 1.00. The van der Waals surface area contributed by atoms with Crippen LogP contribution in [0.4, 0.5) is 0 Å². The van der Waals surface area contributed by atoms with Crippen LogP contribution < -0.4 is 11.1 Å². The second-order valence-electron chi connectivity index (χ2n) is 4.43. The largest absolute Gasteiger partial charge is 0.383 e. The summed E-state index contributed by atoms with van der Waals surface area (Å²) >= 11 is 0. The van der Waals surface area contributed by atoms with E-state index in [0.29, 0.717) is 5.41 Å². The molecular weight excluding hydrogens is 176 g/mol. The summed E-state index contributed by atoms with van der Waals surface area (Å²) in [6, 6.07) is 0. The van der Waals surface area contributed by atoms with Crippen molar-refractivity contribution < 1.29 is 4.74 Å². The number of ether oxygens (including phenoxy) is 1.